The van der Waals surface area contributed by atoms with Crippen LogP contribution in [0.5, 0.6) is 0 Å². The first-order valence-corrected chi connectivity index (χ1v) is 10.8. The number of aromatic nitrogens is 3. The average molecular weight is 403 g/mol. The first kappa shape index (κ1) is 19.3. The summed E-state index contributed by atoms with van der Waals surface area (Å²) in [5, 5.41) is 2.63. The lowest BCUT2D eigenvalue weighted by Gasteiger charge is -2.35. The van der Waals surface area contributed by atoms with Crippen LogP contribution < -0.4 is 5.56 Å². The van der Waals surface area contributed by atoms with Crippen molar-refractivity contribution in [3.05, 3.63) is 33.8 Å². The molecule has 0 bridgehead atoms. The van der Waals surface area contributed by atoms with Crippen molar-refractivity contribution in [1.82, 2.24) is 19.9 Å². The summed E-state index contributed by atoms with van der Waals surface area (Å²) in [4.78, 5) is 38.7. The van der Waals surface area contributed by atoms with Gasteiger partial charge in [-0.1, -0.05) is 0 Å². The molecule has 0 radical (unpaired) electrons. The Labute approximate surface area is 168 Å². The number of hydrogen-bond acceptors (Lipinski definition) is 6. The first-order valence-electron chi connectivity index (χ1n) is 9.96. The molecule has 0 aromatic carbocycles. The van der Waals surface area contributed by atoms with E-state index < -0.39 is 0 Å². The van der Waals surface area contributed by atoms with E-state index >= 15 is 0 Å². The molecule has 7 nitrogen and oxygen atoms in total. The summed E-state index contributed by atoms with van der Waals surface area (Å²) in [6.07, 6.45) is 7.45. The van der Waals surface area contributed by atoms with Gasteiger partial charge in [0.1, 0.15) is 16.5 Å². The van der Waals surface area contributed by atoms with E-state index in [0.29, 0.717) is 17.6 Å². The van der Waals surface area contributed by atoms with E-state index in [0.717, 1.165) is 56.6 Å². The fourth-order valence-electron chi connectivity index (χ4n) is 4.31. The fraction of sp³-hybridized carbons (Fsp3) is 0.600. The van der Waals surface area contributed by atoms with E-state index in [4.69, 9.17) is 4.74 Å². The molecular formula is C20H26N4O3S. The quantitative estimate of drug-likeness (QED) is 0.850. The van der Waals surface area contributed by atoms with E-state index in [1.807, 2.05) is 10.3 Å². The van der Waals surface area contributed by atoms with Crippen LogP contribution in [0.25, 0.3) is 10.7 Å². The second kappa shape index (κ2) is 8.53. The number of likely N-dealkylation sites (tertiary alicyclic amines) is 1. The van der Waals surface area contributed by atoms with Gasteiger partial charge in [0.25, 0.3) is 5.56 Å². The molecule has 2 aromatic rings. The summed E-state index contributed by atoms with van der Waals surface area (Å²) < 4.78 is 5.41. The van der Waals surface area contributed by atoms with Crippen molar-refractivity contribution in [2.24, 2.45) is 5.92 Å². The lowest BCUT2D eigenvalue weighted by molar-refractivity contribution is -0.138. The van der Waals surface area contributed by atoms with E-state index in [2.05, 4.69) is 15.0 Å². The van der Waals surface area contributed by atoms with Gasteiger partial charge in [-0.25, -0.2) is 9.97 Å². The Morgan fingerprint density at radius 3 is 2.61 bits per heavy atom. The number of methoxy groups -OCH3 is 1. The Kier molecular flexibility index (Phi) is 5.87. The number of piperidine rings is 1. The summed E-state index contributed by atoms with van der Waals surface area (Å²) in [7, 11) is 1.75. The maximum absolute atomic E-state index is 12.9. The normalized spacial score (nSPS) is 23.7. The number of nitrogens with zero attached hydrogens (tertiary/aromatic N) is 3. The third-order valence-electron chi connectivity index (χ3n) is 5.96. The molecule has 1 saturated heterocycles. The second-order valence-electron chi connectivity index (χ2n) is 7.66. The molecule has 0 atom stereocenters. The second-order valence-corrected chi connectivity index (χ2v) is 8.56. The molecule has 2 aromatic heterocycles. The Morgan fingerprint density at radius 1 is 1.21 bits per heavy atom. The van der Waals surface area contributed by atoms with Crippen molar-refractivity contribution in [1.29, 1.82) is 0 Å². The van der Waals surface area contributed by atoms with Gasteiger partial charge < -0.3 is 14.6 Å². The molecule has 28 heavy (non-hydrogen) atoms. The van der Waals surface area contributed by atoms with Crippen molar-refractivity contribution < 1.29 is 9.53 Å². The predicted molar refractivity (Wildman–Crippen MR) is 107 cm³/mol. The Hall–Kier alpha value is -2.06. The van der Waals surface area contributed by atoms with Crippen LogP contribution in [-0.4, -0.2) is 52.1 Å². The number of amides is 1. The van der Waals surface area contributed by atoms with Crippen molar-refractivity contribution >= 4 is 17.2 Å². The summed E-state index contributed by atoms with van der Waals surface area (Å²) in [6, 6.07) is 1.50. The maximum Gasteiger partial charge on any atom is 0.251 e. The summed E-state index contributed by atoms with van der Waals surface area (Å²) >= 11 is 1.47. The number of H-pyrrole nitrogens is 1. The highest BCUT2D eigenvalue weighted by Crippen LogP contribution is 2.31. The van der Waals surface area contributed by atoms with Crippen LogP contribution in [0.15, 0.2) is 22.4 Å². The van der Waals surface area contributed by atoms with E-state index in [-0.39, 0.29) is 23.3 Å². The van der Waals surface area contributed by atoms with Crippen LogP contribution >= 0.6 is 11.3 Å². The zero-order valence-electron chi connectivity index (χ0n) is 16.1. The number of thiazole rings is 1. The maximum atomic E-state index is 12.9. The van der Waals surface area contributed by atoms with E-state index in [1.54, 1.807) is 13.3 Å². The molecule has 1 aliphatic heterocycles. The lowest BCUT2D eigenvalue weighted by Crippen LogP contribution is -2.43. The molecule has 150 valence electrons. The zero-order chi connectivity index (χ0) is 19.5. The number of aromatic amines is 1. The lowest BCUT2D eigenvalue weighted by atomic mass is 9.85. The van der Waals surface area contributed by atoms with Crippen LogP contribution in [0.4, 0.5) is 0 Å². The topological polar surface area (TPSA) is 88.2 Å². The molecule has 0 spiro atoms. The summed E-state index contributed by atoms with van der Waals surface area (Å²) in [6.45, 7) is 1.44. The molecule has 1 amide bonds. The van der Waals surface area contributed by atoms with Gasteiger partial charge in [0, 0.05) is 49.7 Å². The number of nitrogens with one attached hydrogen (secondary N) is 1. The minimum Gasteiger partial charge on any atom is -0.381 e. The number of carbonyl (C=O) groups is 1. The van der Waals surface area contributed by atoms with Gasteiger partial charge in [0.05, 0.1) is 6.10 Å². The number of hydrogen-bond donors (Lipinski definition) is 1. The molecule has 1 N–H and O–H groups in total. The van der Waals surface area contributed by atoms with Gasteiger partial charge in [-0.15, -0.1) is 11.3 Å². The standard InChI is InChI=1S/C20H26N4O3S/c1-27-15-4-2-14(3-5-15)20(26)24-9-6-13(7-10-24)18-22-16(12-17(25)23-18)19-21-8-11-28-19/h8,11-15H,2-7,9-10H2,1H3,(H,22,23,25). The minimum absolute atomic E-state index is 0.133. The largest absolute Gasteiger partial charge is 0.381 e. The smallest absolute Gasteiger partial charge is 0.251 e. The fourth-order valence-corrected chi connectivity index (χ4v) is 4.90. The third-order valence-corrected chi connectivity index (χ3v) is 6.76. The summed E-state index contributed by atoms with van der Waals surface area (Å²) in [5.74, 6) is 1.30. The highest BCUT2D eigenvalue weighted by atomic mass is 32.1. The zero-order valence-corrected chi connectivity index (χ0v) is 16.9. The highest BCUT2D eigenvalue weighted by Gasteiger charge is 2.32. The third kappa shape index (κ3) is 4.17. The molecule has 2 fully saturated rings. The van der Waals surface area contributed by atoms with Crippen LogP contribution in [0.1, 0.15) is 50.3 Å². The summed E-state index contributed by atoms with van der Waals surface area (Å²) in [5.41, 5.74) is 0.478. The highest BCUT2D eigenvalue weighted by molar-refractivity contribution is 7.13. The first-order chi connectivity index (χ1) is 13.6. The Bertz CT molecular complexity index is 851. The monoisotopic (exact) mass is 402 g/mol. The molecule has 3 heterocycles. The van der Waals surface area contributed by atoms with Gasteiger partial charge in [-0.2, -0.15) is 0 Å². The van der Waals surface area contributed by atoms with Crippen molar-refractivity contribution in [3.8, 4) is 10.7 Å². The predicted octanol–water partition coefficient (Wildman–Crippen LogP) is 2.80. The van der Waals surface area contributed by atoms with Gasteiger partial charge in [0.15, 0.2) is 0 Å². The Morgan fingerprint density at radius 2 is 1.96 bits per heavy atom. The van der Waals surface area contributed by atoms with Gasteiger partial charge in [-0.3, -0.25) is 9.59 Å². The number of rotatable bonds is 4. The van der Waals surface area contributed by atoms with E-state index in [9.17, 15) is 9.59 Å². The molecule has 4 rings (SSSR count). The van der Waals surface area contributed by atoms with E-state index in [1.165, 1.54) is 17.4 Å². The van der Waals surface area contributed by atoms with Crippen LogP contribution in [0.3, 0.4) is 0 Å². The van der Waals surface area contributed by atoms with Gasteiger partial charge in [0.2, 0.25) is 5.91 Å². The van der Waals surface area contributed by atoms with Crippen LogP contribution in [-0.2, 0) is 9.53 Å². The molecule has 1 saturated carbocycles. The molecular weight excluding hydrogens is 376 g/mol. The van der Waals surface area contributed by atoms with Crippen molar-refractivity contribution in [2.75, 3.05) is 20.2 Å². The van der Waals surface area contributed by atoms with Crippen molar-refractivity contribution in [2.45, 2.75) is 50.5 Å². The molecule has 8 heteroatoms. The minimum atomic E-state index is -0.149. The van der Waals surface area contributed by atoms with Crippen molar-refractivity contribution in [3.63, 3.8) is 0 Å². The van der Waals surface area contributed by atoms with Gasteiger partial charge in [-0.05, 0) is 38.5 Å². The van der Waals surface area contributed by atoms with Crippen LogP contribution in [0.2, 0.25) is 0 Å². The number of ether oxygens (including phenoxy) is 1. The average Bonchev–Trinajstić information content (AvgIpc) is 3.28. The van der Waals surface area contributed by atoms with Gasteiger partial charge >= 0.3 is 0 Å². The number of carbonyl (C=O) groups excluding carboxylic acids is 1. The molecule has 0 unspecified atom stereocenters. The molecule has 1 aliphatic carbocycles. The molecule has 2 aliphatic rings. The van der Waals surface area contributed by atoms with Crippen LogP contribution in [0, 0.1) is 5.92 Å². The SMILES string of the molecule is COC1CCC(C(=O)N2CCC(c3nc(-c4nccs4)cc(=O)[nH]3)CC2)CC1. The Balaban J connectivity index is 1.38.